The minimum atomic E-state index is -0.295. The highest BCUT2D eigenvalue weighted by Crippen LogP contribution is 2.20. The summed E-state index contributed by atoms with van der Waals surface area (Å²) in [5.41, 5.74) is 4.29. The topological polar surface area (TPSA) is 62.0 Å². The first kappa shape index (κ1) is 18.8. The summed E-state index contributed by atoms with van der Waals surface area (Å²) in [6.07, 6.45) is 0.273. The van der Waals surface area contributed by atoms with Gasteiger partial charge in [-0.2, -0.15) is 0 Å². The Hall–Kier alpha value is -2.95. The molecule has 5 heteroatoms. The van der Waals surface area contributed by atoms with Gasteiger partial charge in [0, 0.05) is 24.0 Å². The average Bonchev–Trinajstić information content (AvgIpc) is 2.62. The Balaban J connectivity index is 1.67. The Morgan fingerprint density at radius 1 is 1.11 bits per heavy atom. The third kappa shape index (κ3) is 4.42. The summed E-state index contributed by atoms with van der Waals surface area (Å²) in [6.45, 7) is 6.12. The van der Waals surface area contributed by atoms with Gasteiger partial charge in [-0.25, -0.2) is 4.39 Å². The molecular weight excluding hydrogens is 343 g/mol. The summed E-state index contributed by atoms with van der Waals surface area (Å²) in [7, 11) is 0. The van der Waals surface area contributed by atoms with E-state index in [-0.39, 0.29) is 36.2 Å². The van der Waals surface area contributed by atoms with E-state index in [1.807, 2.05) is 39.0 Å². The summed E-state index contributed by atoms with van der Waals surface area (Å²) in [4.78, 5) is 27.4. The van der Waals surface area contributed by atoms with Gasteiger partial charge in [0.1, 0.15) is 5.82 Å². The van der Waals surface area contributed by atoms with Crippen molar-refractivity contribution in [3.8, 4) is 0 Å². The number of benzene rings is 2. The number of H-pyrrole nitrogens is 1. The first-order valence-electron chi connectivity index (χ1n) is 8.99. The number of aryl methyl sites for hydroxylation is 2. The minimum Gasteiger partial charge on any atom is -0.352 e. The monoisotopic (exact) mass is 366 g/mol. The Morgan fingerprint density at radius 3 is 2.48 bits per heavy atom. The van der Waals surface area contributed by atoms with Crippen molar-refractivity contribution in [3.63, 3.8) is 0 Å². The fourth-order valence-corrected chi connectivity index (χ4v) is 3.11. The summed E-state index contributed by atoms with van der Waals surface area (Å²) < 4.78 is 13.0. The van der Waals surface area contributed by atoms with E-state index in [0.29, 0.717) is 5.56 Å². The number of pyridine rings is 1. The fourth-order valence-electron chi connectivity index (χ4n) is 3.11. The van der Waals surface area contributed by atoms with Crippen molar-refractivity contribution in [3.05, 3.63) is 80.9 Å². The van der Waals surface area contributed by atoms with E-state index in [2.05, 4.69) is 10.3 Å². The smallest absolute Gasteiger partial charge is 0.253 e. The van der Waals surface area contributed by atoms with Crippen LogP contribution in [-0.2, 0) is 11.3 Å². The number of amides is 1. The summed E-state index contributed by atoms with van der Waals surface area (Å²) >= 11 is 0. The number of aromatic amines is 1. The molecule has 1 amide bonds. The van der Waals surface area contributed by atoms with Crippen molar-refractivity contribution in [1.82, 2.24) is 10.3 Å². The molecule has 0 spiro atoms. The van der Waals surface area contributed by atoms with E-state index in [4.69, 9.17) is 0 Å². The second-order valence-electron chi connectivity index (χ2n) is 7.08. The molecule has 4 nitrogen and oxygen atoms in total. The van der Waals surface area contributed by atoms with Gasteiger partial charge in [0.25, 0.3) is 5.56 Å². The molecule has 1 atom stereocenters. The lowest BCUT2D eigenvalue weighted by atomic mass is 9.97. The number of hydrogen-bond acceptors (Lipinski definition) is 2. The fraction of sp³-hybridized carbons (Fsp3) is 0.273. The van der Waals surface area contributed by atoms with Crippen LogP contribution in [0.15, 0.2) is 47.3 Å². The maximum atomic E-state index is 13.0. The second-order valence-corrected chi connectivity index (χ2v) is 7.08. The highest BCUT2D eigenvalue weighted by molar-refractivity contribution is 5.81. The number of hydrogen-bond donors (Lipinski definition) is 2. The van der Waals surface area contributed by atoms with Crippen molar-refractivity contribution in [2.75, 3.05) is 0 Å². The van der Waals surface area contributed by atoms with Gasteiger partial charge in [0.15, 0.2) is 0 Å². The third-order valence-corrected chi connectivity index (χ3v) is 4.94. The van der Waals surface area contributed by atoms with Crippen molar-refractivity contribution in [2.24, 2.45) is 0 Å². The molecule has 2 aromatic carbocycles. The van der Waals surface area contributed by atoms with E-state index in [1.165, 1.54) is 12.1 Å². The van der Waals surface area contributed by atoms with Gasteiger partial charge in [0.2, 0.25) is 5.91 Å². The Morgan fingerprint density at radius 2 is 1.78 bits per heavy atom. The molecule has 0 saturated heterocycles. The number of carbonyl (C=O) groups excluding carboxylic acids is 1. The Kier molecular flexibility index (Phi) is 5.40. The van der Waals surface area contributed by atoms with Gasteiger partial charge < -0.3 is 10.3 Å². The number of rotatable bonds is 5. The zero-order chi connectivity index (χ0) is 19.6. The van der Waals surface area contributed by atoms with Crippen LogP contribution in [0.4, 0.5) is 4.39 Å². The lowest BCUT2D eigenvalue weighted by Crippen LogP contribution is -2.27. The van der Waals surface area contributed by atoms with Crippen LogP contribution in [0.25, 0.3) is 10.9 Å². The predicted octanol–water partition coefficient (Wildman–Crippen LogP) is 4.09. The lowest BCUT2D eigenvalue weighted by molar-refractivity contribution is -0.121. The van der Waals surface area contributed by atoms with Crippen LogP contribution in [-0.4, -0.2) is 10.9 Å². The van der Waals surface area contributed by atoms with E-state index < -0.39 is 0 Å². The summed E-state index contributed by atoms with van der Waals surface area (Å²) in [5.74, 6) is -0.478. The molecule has 0 radical (unpaired) electrons. The average molecular weight is 366 g/mol. The summed E-state index contributed by atoms with van der Waals surface area (Å²) in [6, 6.07) is 12.0. The zero-order valence-electron chi connectivity index (χ0n) is 15.7. The maximum Gasteiger partial charge on any atom is 0.253 e. The molecule has 1 heterocycles. The minimum absolute atomic E-state index is 0.0360. The molecule has 0 aliphatic heterocycles. The Bertz CT molecular complexity index is 1040. The number of aromatic nitrogens is 1. The maximum absolute atomic E-state index is 13.0. The van der Waals surface area contributed by atoms with Crippen molar-refractivity contribution >= 4 is 16.8 Å². The normalized spacial score (nSPS) is 12.1. The van der Waals surface area contributed by atoms with Gasteiger partial charge in [-0.1, -0.05) is 19.1 Å². The van der Waals surface area contributed by atoms with E-state index in [0.717, 1.165) is 27.6 Å². The van der Waals surface area contributed by atoms with E-state index >= 15 is 0 Å². The first-order valence-corrected chi connectivity index (χ1v) is 8.99. The number of halogens is 1. The quantitative estimate of drug-likeness (QED) is 0.714. The molecule has 0 aliphatic rings. The number of nitrogens with one attached hydrogen (secondary N) is 2. The van der Waals surface area contributed by atoms with Crippen LogP contribution in [0.3, 0.4) is 0 Å². The molecule has 1 unspecified atom stereocenters. The number of fused-ring (bicyclic) bond motifs is 1. The molecule has 27 heavy (non-hydrogen) atoms. The van der Waals surface area contributed by atoms with Gasteiger partial charge in [-0.3, -0.25) is 9.59 Å². The SMILES string of the molecule is Cc1cc2cc(CNC(=O)CC(C)c3ccc(F)cc3)c(=O)[nH]c2cc1C. The second kappa shape index (κ2) is 7.74. The molecule has 0 aliphatic carbocycles. The van der Waals surface area contributed by atoms with Gasteiger partial charge in [-0.15, -0.1) is 0 Å². The highest BCUT2D eigenvalue weighted by atomic mass is 19.1. The van der Waals surface area contributed by atoms with Crippen molar-refractivity contribution in [2.45, 2.75) is 39.7 Å². The van der Waals surface area contributed by atoms with Crippen LogP contribution in [0.5, 0.6) is 0 Å². The van der Waals surface area contributed by atoms with Gasteiger partial charge in [-0.05, 0) is 72.2 Å². The summed E-state index contributed by atoms with van der Waals surface area (Å²) in [5, 5.41) is 3.76. The predicted molar refractivity (Wildman–Crippen MR) is 105 cm³/mol. The van der Waals surface area contributed by atoms with Crippen molar-refractivity contribution in [1.29, 1.82) is 0 Å². The van der Waals surface area contributed by atoms with Crippen LogP contribution < -0.4 is 10.9 Å². The molecule has 2 N–H and O–H groups in total. The molecule has 140 valence electrons. The first-order chi connectivity index (χ1) is 12.8. The van der Waals surface area contributed by atoms with Gasteiger partial charge >= 0.3 is 0 Å². The van der Waals surface area contributed by atoms with Crippen LogP contribution in [0, 0.1) is 19.7 Å². The highest BCUT2D eigenvalue weighted by Gasteiger charge is 2.12. The molecule has 0 fully saturated rings. The third-order valence-electron chi connectivity index (χ3n) is 4.94. The zero-order valence-corrected chi connectivity index (χ0v) is 15.7. The van der Waals surface area contributed by atoms with E-state index in [1.54, 1.807) is 12.1 Å². The molecule has 3 rings (SSSR count). The molecule has 3 aromatic rings. The van der Waals surface area contributed by atoms with Crippen LogP contribution >= 0.6 is 0 Å². The molecule has 0 bridgehead atoms. The largest absolute Gasteiger partial charge is 0.352 e. The molecular formula is C22H23FN2O2. The van der Waals surface area contributed by atoms with E-state index in [9.17, 15) is 14.0 Å². The van der Waals surface area contributed by atoms with Crippen LogP contribution in [0.2, 0.25) is 0 Å². The number of carbonyl (C=O) groups is 1. The standard InChI is InChI=1S/C22H23FN2O2/c1-13-8-17-11-18(22(27)25-20(17)9-14(13)2)12-24-21(26)10-15(3)16-4-6-19(23)7-5-16/h4-9,11,15H,10,12H2,1-3H3,(H,24,26)(H,25,27). The van der Waals surface area contributed by atoms with Gasteiger partial charge in [0.05, 0.1) is 0 Å². The lowest BCUT2D eigenvalue weighted by Gasteiger charge is -2.12. The molecule has 0 saturated carbocycles. The molecule has 1 aromatic heterocycles. The van der Waals surface area contributed by atoms with Crippen LogP contribution in [0.1, 0.15) is 41.5 Å². The van der Waals surface area contributed by atoms with Crippen molar-refractivity contribution < 1.29 is 9.18 Å². The Labute approximate surface area is 157 Å².